The zero-order chi connectivity index (χ0) is 18.5. The third-order valence-corrected chi connectivity index (χ3v) is 4.95. The van der Waals surface area contributed by atoms with E-state index in [0.29, 0.717) is 5.56 Å². The summed E-state index contributed by atoms with van der Waals surface area (Å²) >= 11 is 0. The molecule has 1 fully saturated rings. The predicted molar refractivity (Wildman–Crippen MR) is 102 cm³/mol. The van der Waals surface area contributed by atoms with Crippen molar-refractivity contribution in [2.24, 2.45) is 5.73 Å². The largest absolute Gasteiger partial charge is 0.316 e. The van der Waals surface area contributed by atoms with Crippen molar-refractivity contribution in [3.05, 3.63) is 59.4 Å². The molecule has 0 radical (unpaired) electrons. The van der Waals surface area contributed by atoms with Crippen LogP contribution < -0.4 is 5.73 Å². The van der Waals surface area contributed by atoms with Crippen LogP contribution in [0.15, 0.2) is 42.5 Å². The van der Waals surface area contributed by atoms with Gasteiger partial charge in [-0.1, -0.05) is 36.4 Å². The number of hydrogen-bond donors (Lipinski definition) is 1. The van der Waals surface area contributed by atoms with Crippen molar-refractivity contribution in [2.45, 2.75) is 19.0 Å². The first-order valence-corrected chi connectivity index (χ1v) is 8.99. The van der Waals surface area contributed by atoms with E-state index >= 15 is 0 Å². The SMILES string of the molecule is CN1CCN(Cc2ccc(-c3ccc(C[C@H](N)[14C]#N)c(F)c3)cc2)CC1. The second-order valence-electron chi connectivity index (χ2n) is 7.02. The fourth-order valence-corrected chi connectivity index (χ4v) is 3.24. The maximum atomic E-state index is 14.3. The number of nitrogens with zero attached hydrogens (tertiary/aromatic N) is 3. The van der Waals surface area contributed by atoms with Crippen molar-refractivity contribution in [1.29, 1.82) is 5.26 Å². The third-order valence-electron chi connectivity index (χ3n) is 4.95. The molecule has 1 saturated heterocycles. The third kappa shape index (κ3) is 4.67. The molecule has 4 nitrogen and oxygen atoms in total. The van der Waals surface area contributed by atoms with E-state index < -0.39 is 6.04 Å². The summed E-state index contributed by atoms with van der Waals surface area (Å²) in [6, 6.07) is 14.7. The highest BCUT2D eigenvalue weighted by Crippen LogP contribution is 2.23. The first-order valence-electron chi connectivity index (χ1n) is 8.99. The lowest BCUT2D eigenvalue weighted by Gasteiger charge is -2.32. The summed E-state index contributed by atoms with van der Waals surface area (Å²) < 4.78 is 14.3. The van der Waals surface area contributed by atoms with Gasteiger partial charge in [0.05, 0.1) is 12.1 Å². The van der Waals surface area contributed by atoms with Gasteiger partial charge in [0.2, 0.25) is 0 Å². The lowest BCUT2D eigenvalue weighted by Crippen LogP contribution is -2.43. The summed E-state index contributed by atoms with van der Waals surface area (Å²) in [5.74, 6) is -0.310. The second-order valence-corrected chi connectivity index (χ2v) is 7.02. The Bertz CT molecular complexity index is 774. The first kappa shape index (κ1) is 18.5. The zero-order valence-electron chi connectivity index (χ0n) is 15.2. The molecule has 5 heteroatoms. The average Bonchev–Trinajstić information content (AvgIpc) is 2.66. The van der Waals surface area contributed by atoms with E-state index in [2.05, 4.69) is 29.0 Å². The van der Waals surface area contributed by atoms with Gasteiger partial charge in [0.1, 0.15) is 5.82 Å². The smallest absolute Gasteiger partial charge is 0.127 e. The van der Waals surface area contributed by atoms with E-state index in [0.717, 1.165) is 43.9 Å². The van der Waals surface area contributed by atoms with Crippen molar-refractivity contribution in [3.63, 3.8) is 0 Å². The highest BCUT2D eigenvalue weighted by molar-refractivity contribution is 5.64. The number of nitrogens with two attached hydrogens (primary N) is 1. The van der Waals surface area contributed by atoms with Crippen molar-refractivity contribution in [2.75, 3.05) is 33.2 Å². The lowest BCUT2D eigenvalue weighted by atomic mass is 10.0. The molecule has 0 aliphatic carbocycles. The Hall–Kier alpha value is -2.26. The first-order chi connectivity index (χ1) is 12.5. The van der Waals surface area contributed by atoms with Gasteiger partial charge in [-0.3, -0.25) is 4.90 Å². The van der Waals surface area contributed by atoms with Crippen LogP contribution in [-0.4, -0.2) is 49.1 Å². The highest BCUT2D eigenvalue weighted by atomic mass is 19.1. The summed E-state index contributed by atoms with van der Waals surface area (Å²) in [5.41, 5.74) is 9.17. The molecule has 1 atom stereocenters. The van der Waals surface area contributed by atoms with E-state index in [4.69, 9.17) is 11.0 Å². The Morgan fingerprint density at radius 1 is 1.08 bits per heavy atom. The molecule has 3 rings (SSSR count). The molecule has 0 amide bonds. The quantitative estimate of drug-likeness (QED) is 0.897. The Balaban J connectivity index is 1.66. The van der Waals surface area contributed by atoms with Gasteiger partial charge in [-0.2, -0.15) is 5.26 Å². The maximum absolute atomic E-state index is 14.3. The molecule has 2 N–H and O–H groups in total. The van der Waals surface area contributed by atoms with Crippen molar-refractivity contribution >= 4 is 0 Å². The van der Waals surface area contributed by atoms with Gasteiger partial charge in [0.25, 0.3) is 0 Å². The van der Waals surface area contributed by atoms with E-state index in [-0.39, 0.29) is 12.2 Å². The van der Waals surface area contributed by atoms with Crippen LogP contribution in [0.2, 0.25) is 0 Å². The number of hydrogen-bond acceptors (Lipinski definition) is 4. The highest BCUT2D eigenvalue weighted by Gasteiger charge is 2.14. The normalized spacial score (nSPS) is 17.0. The maximum Gasteiger partial charge on any atom is 0.127 e. The minimum atomic E-state index is -0.677. The molecule has 2 aromatic carbocycles. The Morgan fingerprint density at radius 2 is 1.73 bits per heavy atom. The number of benzene rings is 2. The molecular weight excluding hydrogens is 329 g/mol. The predicted octanol–water partition coefficient (Wildman–Crippen LogP) is 2.63. The van der Waals surface area contributed by atoms with Gasteiger partial charge in [-0.25, -0.2) is 4.39 Å². The van der Waals surface area contributed by atoms with Crippen LogP contribution in [0.4, 0.5) is 4.39 Å². The second kappa shape index (κ2) is 8.41. The van der Waals surface area contributed by atoms with E-state index in [1.165, 1.54) is 11.6 Å². The van der Waals surface area contributed by atoms with Crippen LogP contribution in [0.1, 0.15) is 11.1 Å². The minimum Gasteiger partial charge on any atom is -0.316 e. The molecule has 2 aromatic rings. The molecule has 0 saturated carbocycles. The fourth-order valence-electron chi connectivity index (χ4n) is 3.24. The van der Waals surface area contributed by atoms with Gasteiger partial charge in [-0.05, 0) is 35.4 Å². The Labute approximate surface area is 154 Å². The number of halogens is 1. The molecule has 0 unspecified atom stereocenters. The molecule has 0 bridgehead atoms. The topological polar surface area (TPSA) is 56.3 Å². The Kier molecular flexibility index (Phi) is 6.00. The molecular formula is C21H25FN4. The number of likely N-dealkylation sites (N-methyl/N-ethyl adjacent to an activating group) is 1. The number of nitriles is 1. The number of piperazine rings is 1. The Morgan fingerprint density at radius 3 is 2.35 bits per heavy atom. The van der Waals surface area contributed by atoms with Gasteiger partial charge < -0.3 is 10.6 Å². The fraction of sp³-hybridized carbons (Fsp3) is 0.381. The van der Waals surface area contributed by atoms with Gasteiger partial charge in [-0.15, -0.1) is 0 Å². The van der Waals surface area contributed by atoms with Crippen LogP contribution >= 0.6 is 0 Å². The monoisotopic (exact) mass is 354 g/mol. The van der Waals surface area contributed by atoms with Crippen molar-refractivity contribution in [3.8, 4) is 17.2 Å². The van der Waals surface area contributed by atoms with Crippen molar-refractivity contribution in [1.82, 2.24) is 9.80 Å². The van der Waals surface area contributed by atoms with E-state index in [1.807, 2.05) is 24.3 Å². The van der Waals surface area contributed by atoms with Gasteiger partial charge in [0.15, 0.2) is 0 Å². The van der Waals surface area contributed by atoms with Crippen LogP contribution in [0, 0.1) is 17.1 Å². The van der Waals surface area contributed by atoms with Gasteiger partial charge in [0, 0.05) is 39.1 Å². The molecule has 1 aliphatic heterocycles. The molecule has 26 heavy (non-hydrogen) atoms. The molecule has 1 heterocycles. The van der Waals surface area contributed by atoms with Crippen LogP contribution in [0.3, 0.4) is 0 Å². The molecule has 136 valence electrons. The standard InChI is InChI=1S/C21H25FN4/c1-25-8-10-26(11-9-25)15-16-2-4-17(5-3-16)18-6-7-19(21(22)13-18)12-20(24)14-23/h2-7,13,20H,8-12,15,24H2,1H3/t20-/m0/s1/i14+2. The van der Waals surface area contributed by atoms with Crippen LogP contribution in [0.5, 0.6) is 0 Å². The lowest BCUT2D eigenvalue weighted by molar-refractivity contribution is 0.148. The van der Waals surface area contributed by atoms with Crippen LogP contribution in [0.25, 0.3) is 11.1 Å². The molecule has 0 aromatic heterocycles. The summed E-state index contributed by atoms with van der Waals surface area (Å²) in [7, 11) is 2.16. The van der Waals surface area contributed by atoms with Crippen LogP contribution in [-0.2, 0) is 13.0 Å². The average molecular weight is 354 g/mol. The minimum absolute atomic E-state index is 0.229. The van der Waals surface area contributed by atoms with E-state index in [1.54, 1.807) is 6.07 Å². The summed E-state index contributed by atoms with van der Waals surface area (Å²) in [5, 5.41) is 8.77. The molecule has 0 spiro atoms. The summed E-state index contributed by atoms with van der Waals surface area (Å²) in [6.07, 6.45) is 0.229. The van der Waals surface area contributed by atoms with E-state index in [9.17, 15) is 4.39 Å². The summed E-state index contributed by atoms with van der Waals surface area (Å²) in [4.78, 5) is 4.81. The van der Waals surface area contributed by atoms with Gasteiger partial charge >= 0.3 is 0 Å². The molecule has 1 aliphatic rings. The summed E-state index contributed by atoms with van der Waals surface area (Å²) in [6.45, 7) is 5.36. The van der Waals surface area contributed by atoms with Crippen molar-refractivity contribution < 1.29 is 4.39 Å². The zero-order valence-corrected chi connectivity index (χ0v) is 15.2. The number of rotatable bonds is 5.